The topological polar surface area (TPSA) is 83.3 Å². The third-order valence-corrected chi connectivity index (χ3v) is 3.48. The number of likely N-dealkylation sites (N-methyl/N-ethyl adjacent to an activating group) is 1. The molecule has 0 bridgehead atoms. The standard InChI is InChI=1S/C10H19N5OS/c1-4-15(3)6-5-13-9(16)7-8(11)14-10(12-2)17-7/h4-6,11H2,1-3H3,(H,12,14)(H,13,16). The van der Waals surface area contributed by atoms with Gasteiger partial charge in [-0.05, 0) is 13.6 Å². The normalized spacial score (nSPS) is 10.6. The van der Waals surface area contributed by atoms with Gasteiger partial charge in [0.2, 0.25) is 0 Å². The summed E-state index contributed by atoms with van der Waals surface area (Å²) in [6.07, 6.45) is 0. The molecule has 0 saturated carbocycles. The van der Waals surface area contributed by atoms with Crippen molar-refractivity contribution in [3.8, 4) is 0 Å². The van der Waals surface area contributed by atoms with Crippen molar-refractivity contribution in [3.63, 3.8) is 0 Å². The van der Waals surface area contributed by atoms with E-state index in [1.165, 1.54) is 11.3 Å². The molecule has 0 spiro atoms. The first kappa shape index (κ1) is 13.7. The van der Waals surface area contributed by atoms with E-state index in [1.807, 2.05) is 7.05 Å². The maximum atomic E-state index is 11.8. The van der Waals surface area contributed by atoms with Crippen LogP contribution in [0.5, 0.6) is 0 Å². The molecule has 0 aliphatic heterocycles. The molecule has 0 aliphatic rings. The Morgan fingerprint density at radius 1 is 1.59 bits per heavy atom. The molecular weight excluding hydrogens is 238 g/mol. The molecule has 1 heterocycles. The van der Waals surface area contributed by atoms with Gasteiger partial charge in [-0.2, -0.15) is 0 Å². The highest BCUT2D eigenvalue weighted by Gasteiger charge is 2.15. The summed E-state index contributed by atoms with van der Waals surface area (Å²) in [6, 6.07) is 0. The predicted molar refractivity (Wildman–Crippen MR) is 71.6 cm³/mol. The van der Waals surface area contributed by atoms with Crippen LogP contribution >= 0.6 is 11.3 Å². The monoisotopic (exact) mass is 257 g/mol. The largest absolute Gasteiger partial charge is 0.382 e. The van der Waals surface area contributed by atoms with Crippen molar-refractivity contribution < 1.29 is 4.79 Å². The third-order valence-electron chi connectivity index (χ3n) is 2.39. The molecule has 7 heteroatoms. The second kappa shape index (κ2) is 6.41. The summed E-state index contributed by atoms with van der Waals surface area (Å²) in [6.45, 7) is 4.46. The van der Waals surface area contributed by atoms with Crippen LogP contribution in [-0.4, -0.2) is 49.5 Å². The summed E-state index contributed by atoms with van der Waals surface area (Å²) in [5.41, 5.74) is 5.66. The maximum absolute atomic E-state index is 11.8. The lowest BCUT2D eigenvalue weighted by molar-refractivity contribution is 0.0955. The van der Waals surface area contributed by atoms with Gasteiger partial charge >= 0.3 is 0 Å². The van der Waals surface area contributed by atoms with E-state index in [2.05, 4.69) is 27.4 Å². The first-order valence-electron chi connectivity index (χ1n) is 5.49. The Morgan fingerprint density at radius 2 is 2.29 bits per heavy atom. The molecule has 0 radical (unpaired) electrons. The smallest absolute Gasteiger partial charge is 0.265 e. The quantitative estimate of drug-likeness (QED) is 0.689. The molecule has 0 fully saturated rings. The van der Waals surface area contributed by atoms with Crippen LogP contribution in [0.2, 0.25) is 0 Å². The highest BCUT2D eigenvalue weighted by molar-refractivity contribution is 7.18. The van der Waals surface area contributed by atoms with Gasteiger partial charge in [-0.15, -0.1) is 0 Å². The molecular formula is C10H19N5OS. The SMILES string of the molecule is CCN(C)CCNC(=O)c1sc(NC)nc1N. The number of nitrogens with one attached hydrogen (secondary N) is 2. The molecule has 4 N–H and O–H groups in total. The second-order valence-electron chi connectivity index (χ2n) is 3.64. The number of amides is 1. The average Bonchev–Trinajstić information content (AvgIpc) is 2.70. The molecule has 96 valence electrons. The number of nitrogens with zero attached hydrogens (tertiary/aromatic N) is 2. The number of nitrogens with two attached hydrogens (primary N) is 1. The van der Waals surface area contributed by atoms with Gasteiger partial charge in [0.1, 0.15) is 10.7 Å². The number of anilines is 2. The zero-order chi connectivity index (χ0) is 12.8. The molecule has 1 aromatic rings. The zero-order valence-electron chi connectivity index (χ0n) is 10.4. The minimum atomic E-state index is -0.161. The van der Waals surface area contributed by atoms with Crippen molar-refractivity contribution in [1.82, 2.24) is 15.2 Å². The minimum Gasteiger partial charge on any atom is -0.382 e. The minimum absolute atomic E-state index is 0.161. The molecule has 0 saturated heterocycles. The van der Waals surface area contributed by atoms with Crippen LogP contribution in [0.1, 0.15) is 16.6 Å². The highest BCUT2D eigenvalue weighted by atomic mass is 32.1. The number of aromatic nitrogens is 1. The fraction of sp³-hybridized carbons (Fsp3) is 0.600. The van der Waals surface area contributed by atoms with Crippen LogP contribution in [0.25, 0.3) is 0 Å². The van der Waals surface area contributed by atoms with Gasteiger partial charge in [0.05, 0.1) is 0 Å². The molecule has 0 aliphatic carbocycles. The number of thiazole rings is 1. The molecule has 6 nitrogen and oxygen atoms in total. The van der Waals surface area contributed by atoms with Crippen molar-refractivity contribution in [1.29, 1.82) is 0 Å². The summed E-state index contributed by atoms with van der Waals surface area (Å²) < 4.78 is 0. The van der Waals surface area contributed by atoms with Gasteiger partial charge in [0.15, 0.2) is 5.13 Å². The Hall–Kier alpha value is -1.34. The Kier molecular flexibility index (Phi) is 5.17. The van der Waals surface area contributed by atoms with Crippen LogP contribution in [0, 0.1) is 0 Å². The van der Waals surface area contributed by atoms with Crippen LogP contribution in [0.4, 0.5) is 10.9 Å². The van der Waals surface area contributed by atoms with Gasteiger partial charge in [0.25, 0.3) is 5.91 Å². The first-order valence-corrected chi connectivity index (χ1v) is 6.31. The average molecular weight is 257 g/mol. The van der Waals surface area contributed by atoms with E-state index in [0.717, 1.165) is 13.1 Å². The van der Waals surface area contributed by atoms with Gasteiger partial charge in [-0.3, -0.25) is 4.79 Å². The van der Waals surface area contributed by atoms with E-state index >= 15 is 0 Å². The number of hydrogen-bond donors (Lipinski definition) is 3. The van der Waals surface area contributed by atoms with Crippen molar-refractivity contribution in [2.75, 3.05) is 44.8 Å². The number of carbonyl (C=O) groups is 1. The Labute approximate surface area is 105 Å². The molecule has 0 aromatic carbocycles. The lowest BCUT2D eigenvalue weighted by atomic mass is 10.4. The van der Waals surface area contributed by atoms with E-state index in [-0.39, 0.29) is 11.7 Å². The Bertz CT molecular complexity index is 379. The van der Waals surface area contributed by atoms with E-state index in [1.54, 1.807) is 7.05 Å². The fourth-order valence-corrected chi connectivity index (χ4v) is 1.95. The van der Waals surface area contributed by atoms with E-state index in [4.69, 9.17) is 5.73 Å². The van der Waals surface area contributed by atoms with E-state index in [0.29, 0.717) is 16.6 Å². The first-order chi connectivity index (χ1) is 8.08. The van der Waals surface area contributed by atoms with Crippen LogP contribution < -0.4 is 16.4 Å². The van der Waals surface area contributed by atoms with Crippen molar-refractivity contribution in [2.24, 2.45) is 0 Å². The summed E-state index contributed by atoms with van der Waals surface area (Å²) >= 11 is 1.26. The highest BCUT2D eigenvalue weighted by Crippen LogP contribution is 2.23. The van der Waals surface area contributed by atoms with E-state index in [9.17, 15) is 4.79 Å². The van der Waals surface area contributed by atoms with Crippen molar-refractivity contribution in [2.45, 2.75) is 6.92 Å². The van der Waals surface area contributed by atoms with Gasteiger partial charge in [-0.1, -0.05) is 18.3 Å². The lowest BCUT2D eigenvalue weighted by Crippen LogP contribution is -2.32. The van der Waals surface area contributed by atoms with Gasteiger partial charge in [-0.25, -0.2) is 4.98 Å². The van der Waals surface area contributed by atoms with Crippen molar-refractivity contribution in [3.05, 3.63) is 4.88 Å². The molecule has 17 heavy (non-hydrogen) atoms. The van der Waals surface area contributed by atoms with Crippen LogP contribution in [-0.2, 0) is 0 Å². The third kappa shape index (κ3) is 3.86. The summed E-state index contributed by atoms with van der Waals surface area (Å²) in [5, 5.41) is 6.34. The zero-order valence-corrected chi connectivity index (χ0v) is 11.2. The van der Waals surface area contributed by atoms with Crippen LogP contribution in [0.3, 0.4) is 0 Å². The Morgan fingerprint density at radius 3 is 2.82 bits per heavy atom. The van der Waals surface area contributed by atoms with E-state index < -0.39 is 0 Å². The lowest BCUT2D eigenvalue weighted by Gasteiger charge is -2.13. The fourth-order valence-electron chi connectivity index (χ4n) is 1.20. The molecule has 1 rings (SSSR count). The molecule has 0 unspecified atom stereocenters. The number of rotatable bonds is 6. The van der Waals surface area contributed by atoms with Crippen LogP contribution in [0.15, 0.2) is 0 Å². The molecule has 1 aromatic heterocycles. The van der Waals surface area contributed by atoms with Crippen molar-refractivity contribution >= 4 is 28.2 Å². The second-order valence-corrected chi connectivity index (χ2v) is 4.63. The molecule has 0 atom stereocenters. The van der Waals surface area contributed by atoms with Gasteiger partial charge < -0.3 is 21.3 Å². The summed E-state index contributed by atoms with van der Waals surface area (Å²) in [5.74, 6) is 0.117. The molecule has 1 amide bonds. The Balaban J connectivity index is 2.49. The number of nitrogen functional groups attached to an aromatic ring is 1. The predicted octanol–water partition coefficient (Wildman–Crippen LogP) is 0.449. The van der Waals surface area contributed by atoms with Gasteiger partial charge in [0, 0.05) is 20.1 Å². The maximum Gasteiger partial charge on any atom is 0.265 e. The number of carbonyl (C=O) groups excluding carboxylic acids is 1. The summed E-state index contributed by atoms with van der Waals surface area (Å²) in [7, 11) is 3.75. The number of hydrogen-bond acceptors (Lipinski definition) is 6. The summed E-state index contributed by atoms with van der Waals surface area (Å²) in [4.78, 5) is 18.4.